The summed E-state index contributed by atoms with van der Waals surface area (Å²) in [5.74, 6) is -1.82. The van der Waals surface area contributed by atoms with Gasteiger partial charge in [0.15, 0.2) is 11.6 Å². The number of Topliss-reactive ketones (excluding diaryl/α,β-unsaturated/α-hetero) is 2. The number of rotatable bonds is 4. The van der Waals surface area contributed by atoms with Crippen LogP contribution >= 0.6 is 0 Å². The fourth-order valence-corrected chi connectivity index (χ4v) is 1.59. The highest BCUT2D eigenvalue weighted by molar-refractivity contribution is 6.07. The standard InChI is InChI=1S/C12H14O5/c1-4-17-9-5-8(15)10(6(2)13)12(16)11(9)7(3)14/h5,15-16H,4H2,1-3H3. The van der Waals surface area contributed by atoms with Gasteiger partial charge in [0.25, 0.3) is 0 Å². The van der Waals surface area contributed by atoms with Gasteiger partial charge in [0, 0.05) is 6.07 Å². The van der Waals surface area contributed by atoms with Gasteiger partial charge in [-0.25, -0.2) is 0 Å². The van der Waals surface area contributed by atoms with Gasteiger partial charge in [-0.2, -0.15) is 0 Å². The summed E-state index contributed by atoms with van der Waals surface area (Å²) in [6.07, 6.45) is 0. The lowest BCUT2D eigenvalue weighted by atomic mass is 10.0. The Bertz CT molecular complexity index is 476. The number of phenolic OH excluding ortho intramolecular Hbond substituents is 2. The Morgan fingerprint density at radius 1 is 1.18 bits per heavy atom. The molecule has 17 heavy (non-hydrogen) atoms. The molecule has 5 heteroatoms. The van der Waals surface area contributed by atoms with E-state index in [9.17, 15) is 19.8 Å². The second-order valence-corrected chi connectivity index (χ2v) is 3.54. The van der Waals surface area contributed by atoms with E-state index in [-0.39, 0.29) is 23.5 Å². The molecule has 0 saturated carbocycles. The van der Waals surface area contributed by atoms with E-state index in [1.165, 1.54) is 13.8 Å². The van der Waals surface area contributed by atoms with Crippen LogP contribution in [-0.4, -0.2) is 28.4 Å². The minimum atomic E-state index is -0.534. The highest BCUT2D eigenvalue weighted by Gasteiger charge is 2.23. The second-order valence-electron chi connectivity index (χ2n) is 3.54. The Labute approximate surface area is 98.6 Å². The summed E-state index contributed by atoms with van der Waals surface area (Å²) in [6.45, 7) is 4.42. The van der Waals surface area contributed by atoms with Crippen molar-refractivity contribution in [2.75, 3.05) is 6.61 Å². The Hall–Kier alpha value is -2.04. The fourth-order valence-electron chi connectivity index (χ4n) is 1.59. The largest absolute Gasteiger partial charge is 0.507 e. The van der Waals surface area contributed by atoms with Crippen molar-refractivity contribution in [1.82, 2.24) is 0 Å². The molecule has 2 N–H and O–H groups in total. The molecule has 0 aliphatic rings. The molecule has 0 radical (unpaired) electrons. The predicted octanol–water partition coefficient (Wildman–Crippen LogP) is 1.90. The number of hydrogen-bond acceptors (Lipinski definition) is 5. The summed E-state index contributed by atoms with van der Waals surface area (Å²) in [7, 11) is 0. The normalized spacial score (nSPS) is 10.1. The van der Waals surface area contributed by atoms with Crippen LogP contribution in [0.15, 0.2) is 6.07 Å². The molecular formula is C12H14O5. The molecule has 0 saturated heterocycles. The summed E-state index contributed by atoms with van der Waals surface area (Å²) in [5, 5.41) is 19.4. The monoisotopic (exact) mass is 238 g/mol. The van der Waals surface area contributed by atoms with E-state index in [0.29, 0.717) is 0 Å². The molecule has 0 aliphatic carbocycles. The summed E-state index contributed by atoms with van der Waals surface area (Å²) in [5.41, 5.74) is -0.353. The Kier molecular flexibility index (Phi) is 3.73. The van der Waals surface area contributed by atoms with E-state index in [1.807, 2.05) is 0 Å². The first-order valence-electron chi connectivity index (χ1n) is 5.13. The Morgan fingerprint density at radius 3 is 2.12 bits per heavy atom. The smallest absolute Gasteiger partial charge is 0.167 e. The van der Waals surface area contributed by atoms with Crippen LogP contribution in [0.4, 0.5) is 0 Å². The van der Waals surface area contributed by atoms with Crippen molar-refractivity contribution in [1.29, 1.82) is 0 Å². The molecule has 1 aromatic rings. The van der Waals surface area contributed by atoms with Crippen LogP contribution in [0, 0.1) is 0 Å². The zero-order chi connectivity index (χ0) is 13.2. The average Bonchev–Trinajstić information content (AvgIpc) is 2.15. The first-order chi connectivity index (χ1) is 7.90. The lowest BCUT2D eigenvalue weighted by Crippen LogP contribution is -2.05. The third-order valence-corrected chi connectivity index (χ3v) is 2.25. The Balaban J connectivity index is 3.57. The van der Waals surface area contributed by atoms with Gasteiger partial charge in [0.1, 0.15) is 28.4 Å². The summed E-state index contributed by atoms with van der Waals surface area (Å²) in [4.78, 5) is 22.7. The van der Waals surface area contributed by atoms with Gasteiger partial charge in [-0.3, -0.25) is 9.59 Å². The van der Waals surface area contributed by atoms with Gasteiger partial charge in [-0.1, -0.05) is 0 Å². The van der Waals surface area contributed by atoms with Crippen LogP contribution in [0.1, 0.15) is 41.5 Å². The van der Waals surface area contributed by atoms with Gasteiger partial charge >= 0.3 is 0 Å². The van der Waals surface area contributed by atoms with Crippen molar-refractivity contribution in [3.8, 4) is 17.2 Å². The molecule has 92 valence electrons. The fraction of sp³-hybridized carbons (Fsp3) is 0.333. The molecular weight excluding hydrogens is 224 g/mol. The van der Waals surface area contributed by atoms with E-state index in [0.717, 1.165) is 6.07 Å². The third-order valence-electron chi connectivity index (χ3n) is 2.25. The van der Waals surface area contributed by atoms with Crippen LogP contribution in [-0.2, 0) is 0 Å². The lowest BCUT2D eigenvalue weighted by Gasteiger charge is -2.13. The molecule has 1 aromatic carbocycles. The molecule has 0 fully saturated rings. The van der Waals surface area contributed by atoms with Crippen molar-refractivity contribution in [3.05, 3.63) is 17.2 Å². The van der Waals surface area contributed by atoms with E-state index in [4.69, 9.17) is 4.74 Å². The molecule has 0 atom stereocenters. The average molecular weight is 238 g/mol. The quantitative estimate of drug-likeness (QED) is 0.782. The van der Waals surface area contributed by atoms with Crippen molar-refractivity contribution >= 4 is 11.6 Å². The van der Waals surface area contributed by atoms with Crippen LogP contribution in [0.25, 0.3) is 0 Å². The maximum atomic E-state index is 11.4. The second kappa shape index (κ2) is 4.86. The van der Waals surface area contributed by atoms with E-state index in [2.05, 4.69) is 0 Å². The topological polar surface area (TPSA) is 83.8 Å². The molecule has 0 aliphatic heterocycles. The molecule has 0 aromatic heterocycles. The summed E-state index contributed by atoms with van der Waals surface area (Å²) < 4.78 is 5.14. The predicted molar refractivity (Wildman–Crippen MR) is 60.9 cm³/mol. The number of hydrogen-bond donors (Lipinski definition) is 2. The maximum Gasteiger partial charge on any atom is 0.167 e. The SMILES string of the molecule is CCOc1cc(O)c(C(C)=O)c(O)c1C(C)=O. The number of benzene rings is 1. The van der Waals surface area contributed by atoms with Gasteiger partial charge in [0.05, 0.1) is 6.61 Å². The zero-order valence-electron chi connectivity index (χ0n) is 9.90. The van der Waals surface area contributed by atoms with Crippen LogP contribution in [0.2, 0.25) is 0 Å². The first-order valence-corrected chi connectivity index (χ1v) is 5.13. The van der Waals surface area contributed by atoms with Gasteiger partial charge in [-0.05, 0) is 20.8 Å². The van der Waals surface area contributed by atoms with E-state index < -0.39 is 23.1 Å². The number of aromatic hydroxyl groups is 2. The number of phenols is 2. The molecule has 0 spiro atoms. The number of ketones is 2. The number of carbonyl (C=O) groups is 2. The van der Waals surface area contributed by atoms with Crippen LogP contribution in [0.5, 0.6) is 17.2 Å². The highest BCUT2D eigenvalue weighted by Crippen LogP contribution is 2.38. The summed E-state index contributed by atoms with van der Waals surface area (Å²) >= 11 is 0. The molecule has 0 bridgehead atoms. The van der Waals surface area contributed by atoms with Crippen molar-refractivity contribution in [2.45, 2.75) is 20.8 Å². The van der Waals surface area contributed by atoms with Gasteiger partial charge in [-0.15, -0.1) is 0 Å². The van der Waals surface area contributed by atoms with Gasteiger partial charge in [0.2, 0.25) is 0 Å². The van der Waals surface area contributed by atoms with Crippen molar-refractivity contribution in [2.24, 2.45) is 0 Å². The Morgan fingerprint density at radius 2 is 1.71 bits per heavy atom. The minimum Gasteiger partial charge on any atom is -0.507 e. The van der Waals surface area contributed by atoms with E-state index in [1.54, 1.807) is 6.92 Å². The van der Waals surface area contributed by atoms with Crippen molar-refractivity contribution < 1.29 is 24.5 Å². The first kappa shape index (κ1) is 13.0. The maximum absolute atomic E-state index is 11.4. The minimum absolute atomic E-state index is 0.0694. The zero-order valence-corrected chi connectivity index (χ0v) is 9.90. The number of carbonyl (C=O) groups excluding carboxylic acids is 2. The lowest BCUT2D eigenvalue weighted by molar-refractivity contribution is 0.101. The van der Waals surface area contributed by atoms with E-state index >= 15 is 0 Å². The van der Waals surface area contributed by atoms with Crippen LogP contribution in [0.3, 0.4) is 0 Å². The highest BCUT2D eigenvalue weighted by atomic mass is 16.5. The van der Waals surface area contributed by atoms with Gasteiger partial charge < -0.3 is 14.9 Å². The molecule has 1 rings (SSSR count). The molecule has 0 heterocycles. The summed E-state index contributed by atoms with van der Waals surface area (Å²) in [6, 6.07) is 1.16. The third kappa shape index (κ3) is 2.38. The molecule has 0 unspecified atom stereocenters. The molecule has 0 amide bonds. The number of ether oxygens (including phenoxy) is 1. The molecule has 5 nitrogen and oxygen atoms in total. The van der Waals surface area contributed by atoms with Crippen molar-refractivity contribution in [3.63, 3.8) is 0 Å². The van der Waals surface area contributed by atoms with Crippen LogP contribution < -0.4 is 4.74 Å².